The van der Waals surface area contributed by atoms with Gasteiger partial charge in [0.15, 0.2) is 0 Å². The van der Waals surface area contributed by atoms with Gasteiger partial charge < -0.3 is 19.8 Å². The van der Waals surface area contributed by atoms with E-state index in [-0.39, 0.29) is 54.9 Å². The van der Waals surface area contributed by atoms with Crippen LogP contribution in [0.2, 0.25) is 0 Å². The molecule has 11 heteroatoms. The number of halogens is 2. The number of fused-ring (bicyclic) bond motifs is 1. The van der Waals surface area contributed by atoms with Gasteiger partial charge in [-0.1, -0.05) is 54.6 Å². The molecule has 6 rings (SSSR count). The fourth-order valence-electron chi connectivity index (χ4n) is 6.09. The van der Waals surface area contributed by atoms with Crippen molar-refractivity contribution in [1.82, 2.24) is 19.9 Å². The second-order valence-corrected chi connectivity index (χ2v) is 13.2. The molecule has 2 aromatic heterocycles. The van der Waals surface area contributed by atoms with E-state index in [1.807, 2.05) is 75.4 Å². The van der Waals surface area contributed by atoms with Gasteiger partial charge in [0.1, 0.15) is 29.1 Å². The van der Waals surface area contributed by atoms with Crippen molar-refractivity contribution in [2.75, 3.05) is 18.5 Å². The van der Waals surface area contributed by atoms with Crippen molar-refractivity contribution in [1.29, 1.82) is 0 Å². The summed E-state index contributed by atoms with van der Waals surface area (Å²) < 4.78 is 41.0. The average molecular weight is 668 g/mol. The Labute approximate surface area is 283 Å². The van der Waals surface area contributed by atoms with Crippen LogP contribution in [0.3, 0.4) is 0 Å². The third-order valence-electron chi connectivity index (χ3n) is 8.48. The van der Waals surface area contributed by atoms with Gasteiger partial charge in [-0.2, -0.15) is 0 Å². The van der Waals surface area contributed by atoms with Crippen molar-refractivity contribution < 1.29 is 27.8 Å². The Hall–Kier alpha value is -5.16. The third kappa shape index (κ3) is 8.29. The van der Waals surface area contributed by atoms with Crippen molar-refractivity contribution in [3.63, 3.8) is 0 Å². The van der Waals surface area contributed by atoms with Gasteiger partial charge in [-0.05, 0) is 69.0 Å². The maximum absolute atomic E-state index is 15.3. The van der Waals surface area contributed by atoms with Crippen LogP contribution in [-0.4, -0.2) is 56.7 Å². The lowest BCUT2D eigenvalue weighted by Gasteiger charge is -2.39. The number of anilines is 1. The van der Waals surface area contributed by atoms with Crippen LogP contribution in [0.1, 0.15) is 68.1 Å². The summed E-state index contributed by atoms with van der Waals surface area (Å²) in [6.45, 7) is 5.78. The smallest absolute Gasteiger partial charge is 0.411 e. The van der Waals surface area contributed by atoms with E-state index in [9.17, 15) is 14.0 Å². The number of H-pyrrole nitrogens is 1. The van der Waals surface area contributed by atoms with E-state index in [0.717, 1.165) is 28.4 Å². The number of carbonyl (C=O) groups is 2. The Morgan fingerprint density at radius 3 is 2.45 bits per heavy atom. The van der Waals surface area contributed by atoms with Crippen LogP contribution in [-0.2, 0) is 20.7 Å². The second-order valence-electron chi connectivity index (χ2n) is 13.2. The summed E-state index contributed by atoms with van der Waals surface area (Å²) in [5, 5.41) is 2.86. The Morgan fingerprint density at radius 1 is 1.00 bits per heavy atom. The number of rotatable bonds is 9. The first-order valence-electron chi connectivity index (χ1n) is 16.3. The number of morpholine rings is 1. The predicted molar refractivity (Wildman–Crippen MR) is 182 cm³/mol. The summed E-state index contributed by atoms with van der Waals surface area (Å²) in [6.07, 6.45) is 2.23. The third-order valence-corrected chi connectivity index (χ3v) is 8.48. The van der Waals surface area contributed by atoms with Gasteiger partial charge in [0.2, 0.25) is 5.91 Å². The van der Waals surface area contributed by atoms with Crippen LogP contribution < -0.4 is 5.32 Å². The zero-order chi connectivity index (χ0) is 34.5. The van der Waals surface area contributed by atoms with Gasteiger partial charge in [-0.25, -0.2) is 18.6 Å². The number of benzene rings is 3. The van der Waals surface area contributed by atoms with Gasteiger partial charge >= 0.3 is 6.09 Å². The number of imidazole rings is 1. The Bertz CT molecular complexity index is 1880. The molecule has 2 amide bonds. The molecule has 254 valence electrons. The fraction of sp³-hybridized carbons (Fsp3) is 0.316. The number of carbonyl (C=O) groups excluding carboxylic acids is 2. The summed E-state index contributed by atoms with van der Waals surface area (Å²) in [5.41, 5.74) is 3.13. The van der Waals surface area contributed by atoms with E-state index in [1.54, 1.807) is 17.0 Å². The van der Waals surface area contributed by atoms with Crippen molar-refractivity contribution in [2.24, 2.45) is 0 Å². The largest absolute Gasteiger partial charge is 0.444 e. The van der Waals surface area contributed by atoms with Crippen LogP contribution >= 0.6 is 0 Å². The first-order chi connectivity index (χ1) is 23.5. The summed E-state index contributed by atoms with van der Waals surface area (Å²) in [4.78, 5) is 40.5. The molecule has 0 aliphatic carbocycles. The van der Waals surface area contributed by atoms with E-state index in [4.69, 9.17) is 14.5 Å². The van der Waals surface area contributed by atoms with E-state index < -0.39 is 29.7 Å². The first-order valence-corrected chi connectivity index (χ1v) is 16.3. The maximum atomic E-state index is 15.3. The maximum Gasteiger partial charge on any atom is 0.411 e. The molecule has 3 atom stereocenters. The van der Waals surface area contributed by atoms with Gasteiger partial charge in [-0.3, -0.25) is 14.7 Å². The number of aromatic amines is 1. The fourth-order valence-corrected chi connectivity index (χ4v) is 6.09. The molecule has 49 heavy (non-hydrogen) atoms. The van der Waals surface area contributed by atoms with Gasteiger partial charge in [0.25, 0.3) is 0 Å². The van der Waals surface area contributed by atoms with Crippen molar-refractivity contribution in [2.45, 2.75) is 63.7 Å². The Balaban J connectivity index is 1.16. The van der Waals surface area contributed by atoms with Crippen LogP contribution in [0.15, 0.2) is 91.3 Å². The average Bonchev–Trinajstić information content (AvgIpc) is 3.51. The lowest BCUT2D eigenvalue weighted by Crippen LogP contribution is -2.49. The monoisotopic (exact) mass is 667 g/mol. The normalized spacial score (nSPS) is 17.1. The number of nitrogens with zero attached hydrogens (tertiary/aromatic N) is 3. The standard InChI is InChI=1S/C38H39F2N5O4/c1-38(2,3)49-37(47)45-22-27(48-23-34(45)36-43-31-11-7-8-12-32(31)44-36)17-18-28-30(40)20-41-21-33(28)42-35(46)19-29(24-9-5-4-6-10-24)25-13-15-26(39)16-14-25/h4-16,20-21,27,29,34H,17-19,22-23H2,1-3H3,(H,42,46)(H,43,44)/t27-,29?,34+/m1/s1. The number of hydrogen-bond donors (Lipinski definition) is 2. The van der Waals surface area contributed by atoms with Gasteiger partial charge in [-0.15, -0.1) is 0 Å². The molecule has 3 aromatic carbocycles. The van der Waals surface area contributed by atoms with Crippen molar-refractivity contribution >= 4 is 28.7 Å². The highest BCUT2D eigenvalue weighted by atomic mass is 19.1. The molecule has 3 heterocycles. The number of para-hydroxylation sites is 2. The van der Waals surface area contributed by atoms with Crippen LogP contribution in [0.4, 0.5) is 19.3 Å². The van der Waals surface area contributed by atoms with E-state index in [0.29, 0.717) is 12.2 Å². The molecule has 0 radical (unpaired) electrons. The molecule has 1 aliphatic rings. The number of amides is 2. The summed E-state index contributed by atoms with van der Waals surface area (Å²) in [7, 11) is 0. The zero-order valence-electron chi connectivity index (χ0n) is 27.7. The Kier molecular flexibility index (Phi) is 10.0. The number of nitrogens with one attached hydrogen (secondary N) is 2. The zero-order valence-corrected chi connectivity index (χ0v) is 27.7. The molecule has 0 saturated carbocycles. The minimum atomic E-state index is -0.715. The van der Waals surface area contributed by atoms with E-state index in [1.165, 1.54) is 18.3 Å². The summed E-state index contributed by atoms with van der Waals surface area (Å²) in [5.74, 6) is -1.02. The van der Waals surface area contributed by atoms with Crippen LogP contribution in [0.25, 0.3) is 11.0 Å². The summed E-state index contributed by atoms with van der Waals surface area (Å²) >= 11 is 0. The highest BCUT2D eigenvalue weighted by Gasteiger charge is 2.37. The molecule has 0 bridgehead atoms. The lowest BCUT2D eigenvalue weighted by atomic mass is 9.88. The molecule has 0 spiro atoms. The minimum Gasteiger partial charge on any atom is -0.444 e. The topological polar surface area (TPSA) is 109 Å². The van der Waals surface area contributed by atoms with Crippen molar-refractivity contribution in [3.8, 4) is 0 Å². The molecular weight excluding hydrogens is 628 g/mol. The second kappa shape index (κ2) is 14.5. The highest BCUT2D eigenvalue weighted by molar-refractivity contribution is 5.92. The number of aromatic nitrogens is 3. The number of hydrogen-bond acceptors (Lipinski definition) is 6. The molecule has 1 aliphatic heterocycles. The SMILES string of the molecule is CC(C)(C)OC(=O)N1C[C@@H](CCc2c(F)cncc2NC(=O)CC(c2ccccc2)c2ccc(F)cc2)OC[C@H]1c1nc2ccccc2[nH]1. The summed E-state index contributed by atoms with van der Waals surface area (Å²) in [6, 6.07) is 22.7. The molecule has 1 fully saturated rings. The van der Waals surface area contributed by atoms with E-state index >= 15 is 4.39 Å². The number of pyridine rings is 1. The Morgan fingerprint density at radius 2 is 1.71 bits per heavy atom. The van der Waals surface area contributed by atoms with E-state index in [2.05, 4.69) is 15.3 Å². The minimum absolute atomic E-state index is 0.0470. The van der Waals surface area contributed by atoms with Crippen LogP contribution in [0, 0.1) is 11.6 Å². The molecule has 9 nitrogen and oxygen atoms in total. The molecule has 1 saturated heterocycles. The number of ether oxygens (including phenoxy) is 2. The van der Waals surface area contributed by atoms with Gasteiger partial charge in [0.05, 0.1) is 48.4 Å². The lowest BCUT2D eigenvalue weighted by molar-refractivity contribution is -0.116. The van der Waals surface area contributed by atoms with Crippen molar-refractivity contribution in [3.05, 3.63) is 125 Å². The molecule has 1 unspecified atom stereocenters. The highest BCUT2D eigenvalue weighted by Crippen LogP contribution is 2.32. The predicted octanol–water partition coefficient (Wildman–Crippen LogP) is 7.71. The quantitative estimate of drug-likeness (QED) is 0.167. The molecule has 5 aromatic rings. The molecule has 2 N–H and O–H groups in total. The van der Waals surface area contributed by atoms with Crippen LogP contribution in [0.5, 0.6) is 0 Å². The molecular formula is C38H39F2N5O4. The first kappa shape index (κ1) is 33.7. The van der Waals surface area contributed by atoms with Gasteiger partial charge in [0, 0.05) is 17.9 Å².